The Kier molecular flexibility index (Phi) is 1.93. The van der Waals surface area contributed by atoms with Gasteiger partial charge in [0, 0.05) is 6.54 Å². The summed E-state index contributed by atoms with van der Waals surface area (Å²) in [6.45, 7) is 5.14. The van der Waals surface area contributed by atoms with Crippen molar-refractivity contribution in [3.8, 4) is 0 Å². The van der Waals surface area contributed by atoms with Gasteiger partial charge in [-0.05, 0) is 49.0 Å². The molecule has 1 nitrogen and oxygen atoms in total. The van der Waals surface area contributed by atoms with Crippen molar-refractivity contribution in [2.75, 3.05) is 13.1 Å². The van der Waals surface area contributed by atoms with Gasteiger partial charge in [0.15, 0.2) is 0 Å². The molecular formula is C10H18ClN. The summed E-state index contributed by atoms with van der Waals surface area (Å²) in [7, 11) is 0. The summed E-state index contributed by atoms with van der Waals surface area (Å²) in [5.74, 6) is 3.22. The van der Waals surface area contributed by atoms with Crippen molar-refractivity contribution in [2.24, 2.45) is 23.2 Å². The number of rotatable bonds is 0. The highest BCUT2D eigenvalue weighted by molar-refractivity contribution is 5.85. The van der Waals surface area contributed by atoms with E-state index >= 15 is 0 Å². The molecule has 12 heavy (non-hydrogen) atoms. The summed E-state index contributed by atoms with van der Waals surface area (Å²) in [5, 5.41) is 3.57. The highest BCUT2D eigenvalue weighted by Gasteiger charge is 2.56. The first-order chi connectivity index (χ1) is 5.31. The molecule has 1 aliphatic heterocycles. The lowest BCUT2D eigenvalue weighted by Gasteiger charge is -2.34. The molecule has 3 fully saturated rings. The van der Waals surface area contributed by atoms with Crippen molar-refractivity contribution < 1.29 is 0 Å². The van der Waals surface area contributed by atoms with Gasteiger partial charge < -0.3 is 5.32 Å². The second-order valence-corrected chi connectivity index (χ2v) is 5.01. The van der Waals surface area contributed by atoms with E-state index in [2.05, 4.69) is 12.2 Å². The molecule has 2 heteroatoms. The Labute approximate surface area is 80.7 Å². The summed E-state index contributed by atoms with van der Waals surface area (Å²) < 4.78 is 0. The van der Waals surface area contributed by atoms with E-state index in [1.54, 1.807) is 6.42 Å². The maximum absolute atomic E-state index is 3.57. The molecule has 0 amide bonds. The van der Waals surface area contributed by atoms with Crippen LogP contribution in [0.3, 0.4) is 0 Å². The Hall–Kier alpha value is 0.250. The minimum atomic E-state index is 0. The van der Waals surface area contributed by atoms with Crippen molar-refractivity contribution in [3.63, 3.8) is 0 Å². The molecule has 2 aliphatic carbocycles. The summed E-state index contributed by atoms with van der Waals surface area (Å²) >= 11 is 0. The van der Waals surface area contributed by atoms with Gasteiger partial charge >= 0.3 is 0 Å². The van der Waals surface area contributed by atoms with E-state index in [1.807, 2.05) is 0 Å². The van der Waals surface area contributed by atoms with Gasteiger partial charge in [0.2, 0.25) is 0 Å². The van der Waals surface area contributed by atoms with Crippen LogP contribution in [0.4, 0.5) is 0 Å². The van der Waals surface area contributed by atoms with Crippen molar-refractivity contribution in [2.45, 2.75) is 26.2 Å². The zero-order chi connectivity index (χ0) is 7.47. The van der Waals surface area contributed by atoms with Crippen LogP contribution in [0.1, 0.15) is 26.2 Å². The number of hydrogen-bond donors (Lipinski definition) is 1. The molecule has 3 aliphatic rings. The maximum atomic E-state index is 3.57. The van der Waals surface area contributed by atoms with Crippen molar-refractivity contribution >= 4 is 12.4 Å². The monoisotopic (exact) mass is 187 g/mol. The molecule has 3 rings (SSSR count). The van der Waals surface area contributed by atoms with E-state index in [-0.39, 0.29) is 12.4 Å². The van der Waals surface area contributed by atoms with Gasteiger partial charge in [-0.1, -0.05) is 6.92 Å². The lowest BCUT2D eigenvalue weighted by molar-refractivity contribution is 0.156. The molecule has 70 valence electrons. The molecule has 0 spiro atoms. The fourth-order valence-electron chi connectivity index (χ4n) is 3.99. The standard InChI is InChI=1S/C10H17N.ClH/c1-10-6-11-5-9(10)7-2-3-8(10)4-7;/h7-9,11H,2-6H2,1H3;1H/t7-,8+,9?,10-;/m1./s1. The summed E-state index contributed by atoms with van der Waals surface area (Å²) in [6, 6.07) is 0. The topological polar surface area (TPSA) is 12.0 Å². The van der Waals surface area contributed by atoms with Gasteiger partial charge in [-0.2, -0.15) is 0 Å². The average molecular weight is 188 g/mol. The van der Waals surface area contributed by atoms with Crippen LogP contribution < -0.4 is 5.32 Å². The molecule has 2 bridgehead atoms. The number of nitrogens with one attached hydrogen (secondary N) is 1. The molecule has 2 saturated carbocycles. The molecule has 1 N–H and O–H groups in total. The third kappa shape index (κ3) is 0.843. The lowest BCUT2D eigenvalue weighted by Crippen LogP contribution is -2.32. The minimum absolute atomic E-state index is 0. The Bertz CT molecular complexity index is 194. The van der Waals surface area contributed by atoms with Crippen LogP contribution in [0, 0.1) is 23.2 Å². The predicted molar refractivity (Wildman–Crippen MR) is 52.5 cm³/mol. The quantitative estimate of drug-likeness (QED) is 0.613. The highest BCUT2D eigenvalue weighted by Crippen LogP contribution is 2.60. The van der Waals surface area contributed by atoms with Gasteiger partial charge in [-0.3, -0.25) is 0 Å². The highest BCUT2D eigenvalue weighted by atomic mass is 35.5. The minimum Gasteiger partial charge on any atom is -0.316 e. The largest absolute Gasteiger partial charge is 0.316 e. The van der Waals surface area contributed by atoms with Crippen molar-refractivity contribution in [3.05, 3.63) is 0 Å². The summed E-state index contributed by atoms with van der Waals surface area (Å²) in [4.78, 5) is 0. The van der Waals surface area contributed by atoms with E-state index in [0.29, 0.717) is 5.41 Å². The maximum Gasteiger partial charge on any atom is 0.00112 e. The number of hydrogen-bond acceptors (Lipinski definition) is 1. The van der Waals surface area contributed by atoms with Crippen LogP contribution in [-0.2, 0) is 0 Å². The lowest BCUT2D eigenvalue weighted by atomic mass is 9.70. The zero-order valence-corrected chi connectivity index (χ0v) is 8.49. The van der Waals surface area contributed by atoms with E-state index in [0.717, 1.165) is 17.8 Å². The molecular weight excluding hydrogens is 170 g/mol. The normalized spacial score (nSPS) is 55.2. The van der Waals surface area contributed by atoms with Crippen molar-refractivity contribution in [1.82, 2.24) is 5.32 Å². The van der Waals surface area contributed by atoms with Crippen LogP contribution in [0.2, 0.25) is 0 Å². The van der Waals surface area contributed by atoms with Gasteiger partial charge in [0.05, 0.1) is 0 Å². The second kappa shape index (κ2) is 2.62. The average Bonchev–Trinajstić information content (AvgIpc) is 2.54. The van der Waals surface area contributed by atoms with Crippen LogP contribution in [-0.4, -0.2) is 13.1 Å². The first kappa shape index (κ1) is 8.83. The van der Waals surface area contributed by atoms with E-state index in [1.165, 1.54) is 25.9 Å². The molecule has 1 unspecified atom stereocenters. The molecule has 4 atom stereocenters. The Balaban J connectivity index is 0.000000563. The third-order valence-corrected chi connectivity index (χ3v) is 4.69. The fourth-order valence-corrected chi connectivity index (χ4v) is 3.99. The van der Waals surface area contributed by atoms with Gasteiger partial charge in [0.1, 0.15) is 0 Å². The predicted octanol–water partition coefficient (Wildman–Crippen LogP) is 2.06. The fraction of sp³-hybridized carbons (Fsp3) is 1.00. The van der Waals surface area contributed by atoms with E-state index < -0.39 is 0 Å². The number of fused-ring (bicyclic) bond motifs is 5. The summed E-state index contributed by atoms with van der Waals surface area (Å²) in [5.41, 5.74) is 0.711. The molecule has 1 heterocycles. The molecule has 1 saturated heterocycles. The molecule has 0 aromatic heterocycles. The Morgan fingerprint density at radius 2 is 2.17 bits per heavy atom. The SMILES string of the molecule is C[C@]12CNCC1[C@@H]1CC[C@H]2C1.Cl. The number of halogens is 1. The van der Waals surface area contributed by atoms with Crippen LogP contribution >= 0.6 is 12.4 Å². The molecule has 0 aromatic carbocycles. The van der Waals surface area contributed by atoms with E-state index in [4.69, 9.17) is 0 Å². The van der Waals surface area contributed by atoms with Crippen LogP contribution in [0.15, 0.2) is 0 Å². The van der Waals surface area contributed by atoms with Gasteiger partial charge in [-0.25, -0.2) is 0 Å². The van der Waals surface area contributed by atoms with Crippen LogP contribution in [0.5, 0.6) is 0 Å². The Morgan fingerprint density at radius 1 is 1.33 bits per heavy atom. The van der Waals surface area contributed by atoms with E-state index in [9.17, 15) is 0 Å². The first-order valence-electron chi connectivity index (χ1n) is 5.01. The second-order valence-electron chi connectivity index (χ2n) is 5.01. The van der Waals surface area contributed by atoms with Gasteiger partial charge in [0.25, 0.3) is 0 Å². The smallest absolute Gasteiger partial charge is 0.00112 e. The molecule has 0 radical (unpaired) electrons. The zero-order valence-electron chi connectivity index (χ0n) is 7.68. The third-order valence-electron chi connectivity index (χ3n) is 4.69. The Morgan fingerprint density at radius 3 is 2.92 bits per heavy atom. The van der Waals surface area contributed by atoms with Crippen LogP contribution in [0.25, 0.3) is 0 Å². The summed E-state index contributed by atoms with van der Waals surface area (Å²) in [6.07, 6.45) is 4.62. The first-order valence-corrected chi connectivity index (χ1v) is 5.01. The van der Waals surface area contributed by atoms with Crippen molar-refractivity contribution in [1.29, 1.82) is 0 Å². The molecule has 0 aromatic rings. The van der Waals surface area contributed by atoms with Gasteiger partial charge in [-0.15, -0.1) is 12.4 Å².